The second kappa shape index (κ2) is 6.49. The van der Waals surface area contributed by atoms with Gasteiger partial charge in [0.2, 0.25) is 0 Å². The molecule has 0 saturated carbocycles. The summed E-state index contributed by atoms with van der Waals surface area (Å²) in [6, 6.07) is 5.62. The molecule has 1 heterocycles. The molecule has 1 N–H and O–H groups in total. The van der Waals surface area contributed by atoms with E-state index >= 15 is 0 Å². The highest BCUT2D eigenvalue weighted by atomic mass is 19.1. The maximum atomic E-state index is 13.5. The molecule has 1 aliphatic rings. The summed E-state index contributed by atoms with van der Waals surface area (Å²) in [4.78, 5) is 2.43. The number of aliphatic hydroxyl groups excluding tert-OH is 1. The summed E-state index contributed by atoms with van der Waals surface area (Å²) in [5.74, 6) is -0.233. The third kappa shape index (κ3) is 3.77. The van der Waals surface area contributed by atoms with Crippen LogP contribution in [0.3, 0.4) is 0 Å². The van der Waals surface area contributed by atoms with Crippen LogP contribution in [0, 0.1) is 12.7 Å². The van der Waals surface area contributed by atoms with Crippen molar-refractivity contribution >= 4 is 0 Å². The first-order valence-corrected chi connectivity index (χ1v) is 7.26. The molecular formula is C16H24FNO. The van der Waals surface area contributed by atoms with Crippen molar-refractivity contribution in [2.45, 2.75) is 51.7 Å². The van der Waals surface area contributed by atoms with Gasteiger partial charge < -0.3 is 10.0 Å². The van der Waals surface area contributed by atoms with E-state index in [0.29, 0.717) is 23.6 Å². The van der Waals surface area contributed by atoms with E-state index in [1.54, 1.807) is 13.0 Å². The molecule has 0 amide bonds. The molecule has 1 aliphatic heterocycles. The Bertz CT molecular complexity index is 421. The van der Waals surface area contributed by atoms with E-state index in [1.165, 1.54) is 25.3 Å². The van der Waals surface area contributed by atoms with Gasteiger partial charge in [0, 0.05) is 12.6 Å². The molecule has 1 aromatic rings. The van der Waals surface area contributed by atoms with Crippen LogP contribution in [0.4, 0.5) is 4.39 Å². The van der Waals surface area contributed by atoms with Crippen LogP contribution in [-0.4, -0.2) is 29.1 Å². The lowest BCUT2D eigenvalue weighted by Gasteiger charge is -2.33. The van der Waals surface area contributed by atoms with Gasteiger partial charge in [0.05, 0.1) is 6.10 Å². The lowest BCUT2D eigenvalue weighted by atomic mass is 10.0. The van der Waals surface area contributed by atoms with Crippen LogP contribution in [0.2, 0.25) is 0 Å². The maximum absolute atomic E-state index is 13.5. The topological polar surface area (TPSA) is 23.5 Å². The third-order valence-corrected chi connectivity index (χ3v) is 4.21. The summed E-state index contributed by atoms with van der Waals surface area (Å²) in [7, 11) is 0. The molecule has 0 bridgehead atoms. The van der Waals surface area contributed by atoms with E-state index in [9.17, 15) is 9.50 Å². The second-order valence-corrected chi connectivity index (χ2v) is 5.69. The van der Waals surface area contributed by atoms with Crippen LogP contribution in [0.5, 0.6) is 0 Å². The highest BCUT2D eigenvalue weighted by Crippen LogP contribution is 2.22. The van der Waals surface area contributed by atoms with Crippen molar-refractivity contribution < 1.29 is 9.50 Å². The van der Waals surface area contributed by atoms with E-state index in [0.717, 1.165) is 13.1 Å². The zero-order chi connectivity index (χ0) is 13.8. The Morgan fingerprint density at radius 1 is 1.42 bits per heavy atom. The number of hydrogen-bond acceptors (Lipinski definition) is 2. The second-order valence-electron chi connectivity index (χ2n) is 5.69. The smallest absolute Gasteiger partial charge is 0.126 e. The number of aliphatic hydroxyl groups is 1. The summed E-state index contributed by atoms with van der Waals surface area (Å²) in [5, 5.41) is 10.2. The number of halogens is 1. The Hall–Kier alpha value is -0.930. The molecule has 2 rings (SSSR count). The van der Waals surface area contributed by atoms with Crippen LogP contribution < -0.4 is 0 Å². The van der Waals surface area contributed by atoms with Crippen LogP contribution >= 0.6 is 0 Å². The quantitative estimate of drug-likeness (QED) is 0.901. The van der Waals surface area contributed by atoms with Crippen molar-refractivity contribution in [2.75, 3.05) is 13.1 Å². The van der Waals surface area contributed by atoms with Gasteiger partial charge in [-0.15, -0.1) is 0 Å². The SMILES string of the molecule is Cc1ccc(C(O)CCN2CCCCC2C)cc1F. The number of hydrogen-bond donors (Lipinski definition) is 1. The molecule has 3 heteroatoms. The van der Waals surface area contributed by atoms with Gasteiger partial charge in [-0.05, 0) is 56.8 Å². The number of aryl methyl sites for hydroxylation is 1. The Kier molecular flexibility index (Phi) is 4.94. The molecule has 0 spiro atoms. The van der Waals surface area contributed by atoms with E-state index < -0.39 is 6.10 Å². The Morgan fingerprint density at radius 3 is 2.89 bits per heavy atom. The molecule has 0 aromatic heterocycles. The average Bonchev–Trinajstić information content (AvgIpc) is 2.40. The number of piperidine rings is 1. The molecule has 19 heavy (non-hydrogen) atoms. The van der Waals surface area contributed by atoms with Crippen molar-refractivity contribution in [1.29, 1.82) is 0 Å². The van der Waals surface area contributed by atoms with E-state index in [-0.39, 0.29) is 5.82 Å². The van der Waals surface area contributed by atoms with Crippen LogP contribution in [0.1, 0.15) is 49.8 Å². The number of likely N-dealkylation sites (tertiary alicyclic amines) is 1. The lowest BCUT2D eigenvalue weighted by molar-refractivity contribution is 0.109. The van der Waals surface area contributed by atoms with Gasteiger partial charge in [0.1, 0.15) is 5.82 Å². The number of benzene rings is 1. The van der Waals surface area contributed by atoms with Gasteiger partial charge in [-0.2, -0.15) is 0 Å². The first-order valence-electron chi connectivity index (χ1n) is 7.26. The summed E-state index contributed by atoms with van der Waals surface area (Å²) in [6.45, 7) is 5.99. The van der Waals surface area contributed by atoms with Crippen molar-refractivity contribution in [3.63, 3.8) is 0 Å². The van der Waals surface area contributed by atoms with Crippen LogP contribution in [-0.2, 0) is 0 Å². The minimum absolute atomic E-state index is 0.233. The van der Waals surface area contributed by atoms with Crippen molar-refractivity contribution in [3.8, 4) is 0 Å². The fraction of sp³-hybridized carbons (Fsp3) is 0.625. The van der Waals surface area contributed by atoms with E-state index in [1.807, 2.05) is 6.07 Å². The number of rotatable bonds is 4. The average molecular weight is 265 g/mol. The zero-order valence-electron chi connectivity index (χ0n) is 11.9. The van der Waals surface area contributed by atoms with Gasteiger partial charge in [-0.25, -0.2) is 4.39 Å². The highest BCUT2D eigenvalue weighted by molar-refractivity contribution is 5.24. The first kappa shape index (κ1) is 14.5. The molecular weight excluding hydrogens is 241 g/mol. The Morgan fingerprint density at radius 2 is 2.21 bits per heavy atom. The van der Waals surface area contributed by atoms with Gasteiger partial charge in [-0.3, -0.25) is 0 Å². The fourth-order valence-corrected chi connectivity index (χ4v) is 2.76. The van der Waals surface area contributed by atoms with Gasteiger partial charge >= 0.3 is 0 Å². The molecule has 1 aromatic carbocycles. The third-order valence-electron chi connectivity index (χ3n) is 4.21. The van der Waals surface area contributed by atoms with Gasteiger partial charge in [0.15, 0.2) is 0 Å². The van der Waals surface area contributed by atoms with E-state index in [2.05, 4.69) is 11.8 Å². The van der Waals surface area contributed by atoms with Crippen molar-refractivity contribution in [1.82, 2.24) is 4.90 Å². The predicted octanol–water partition coefficient (Wildman–Crippen LogP) is 3.43. The molecule has 2 unspecified atom stereocenters. The van der Waals surface area contributed by atoms with Crippen LogP contribution in [0.25, 0.3) is 0 Å². The molecule has 2 nitrogen and oxygen atoms in total. The molecule has 2 atom stereocenters. The summed E-state index contributed by atoms with van der Waals surface area (Å²) >= 11 is 0. The minimum atomic E-state index is -0.566. The molecule has 106 valence electrons. The standard InChI is InChI=1S/C16H24FNO/c1-12-6-7-14(11-15(12)17)16(19)8-10-18-9-4-3-5-13(18)2/h6-7,11,13,16,19H,3-5,8-10H2,1-2H3. The Balaban J connectivity index is 1.89. The Labute approximate surface area is 115 Å². The normalized spacial score (nSPS) is 22.4. The predicted molar refractivity (Wildman–Crippen MR) is 75.6 cm³/mol. The van der Waals surface area contributed by atoms with Gasteiger partial charge in [0.25, 0.3) is 0 Å². The zero-order valence-corrected chi connectivity index (χ0v) is 11.9. The van der Waals surface area contributed by atoms with Crippen molar-refractivity contribution in [2.24, 2.45) is 0 Å². The molecule has 1 fully saturated rings. The molecule has 0 aliphatic carbocycles. The van der Waals surface area contributed by atoms with Crippen LogP contribution in [0.15, 0.2) is 18.2 Å². The maximum Gasteiger partial charge on any atom is 0.126 e. The first-order chi connectivity index (χ1) is 9.08. The fourth-order valence-electron chi connectivity index (χ4n) is 2.76. The monoisotopic (exact) mass is 265 g/mol. The van der Waals surface area contributed by atoms with E-state index in [4.69, 9.17) is 0 Å². The largest absolute Gasteiger partial charge is 0.388 e. The lowest BCUT2D eigenvalue weighted by Crippen LogP contribution is -2.38. The minimum Gasteiger partial charge on any atom is -0.388 e. The van der Waals surface area contributed by atoms with Crippen molar-refractivity contribution in [3.05, 3.63) is 35.1 Å². The summed E-state index contributed by atoms with van der Waals surface area (Å²) in [5.41, 5.74) is 1.31. The summed E-state index contributed by atoms with van der Waals surface area (Å²) in [6.07, 6.45) is 3.91. The highest BCUT2D eigenvalue weighted by Gasteiger charge is 2.19. The van der Waals surface area contributed by atoms with Gasteiger partial charge in [-0.1, -0.05) is 18.6 Å². The molecule has 1 saturated heterocycles. The number of nitrogens with zero attached hydrogens (tertiary/aromatic N) is 1. The molecule has 0 radical (unpaired) electrons. The summed E-state index contributed by atoms with van der Waals surface area (Å²) < 4.78 is 13.5.